The number of hydrogen-bond acceptors (Lipinski definition) is 5. The van der Waals surface area contributed by atoms with Gasteiger partial charge in [-0.3, -0.25) is 4.57 Å². The number of halogens is 4. The summed E-state index contributed by atoms with van der Waals surface area (Å²) in [5, 5.41) is 12.1. The minimum absolute atomic E-state index is 0.0565. The summed E-state index contributed by atoms with van der Waals surface area (Å²) >= 11 is 4.76. The molecule has 160 valence electrons. The summed E-state index contributed by atoms with van der Waals surface area (Å²) in [5.74, 6) is 0.0565. The average Bonchev–Trinajstić information content (AvgIpc) is 2.68. The number of alkyl halides is 3. The van der Waals surface area contributed by atoms with Crippen LogP contribution in [0, 0.1) is 0 Å². The molecule has 6 nitrogen and oxygen atoms in total. The topological polar surface area (TPSA) is 80.0 Å². The Labute approximate surface area is 172 Å². The van der Waals surface area contributed by atoms with Gasteiger partial charge in [0.15, 0.2) is 5.65 Å². The molecule has 0 saturated carbocycles. The van der Waals surface area contributed by atoms with Crippen molar-refractivity contribution in [1.29, 1.82) is 0 Å². The van der Waals surface area contributed by atoms with Crippen molar-refractivity contribution in [3.8, 4) is 0 Å². The van der Waals surface area contributed by atoms with Crippen LogP contribution in [0.25, 0.3) is 17.2 Å². The third-order valence-corrected chi connectivity index (χ3v) is 3.09. The van der Waals surface area contributed by atoms with E-state index in [4.69, 9.17) is 16.7 Å². The van der Waals surface area contributed by atoms with E-state index in [9.17, 15) is 18.0 Å². The first-order valence-electron chi connectivity index (χ1n) is 8.57. The van der Waals surface area contributed by atoms with E-state index in [0.717, 1.165) is 10.6 Å². The highest BCUT2D eigenvalue weighted by Gasteiger charge is 2.33. The molecule has 1 atom stereocenters. The Morgan fingerprint density at radius 2 is 1.90 bits per heavy atom. The number of anilines is 1. The molecule has 2 N–H and O–H groups in total. The number of hydrogen-bond donors (Lipinski definition) is 2. The lowest BCUT2D eigenvalue weighted by atomic mass is 10.2. The fraction of sp³-hybridized carbons (Fsp3) is 0.316. The van der Waals surface area contributed by atoms with Crippen LogP contribution in [0.4, 0.5) is 19.0 Å². The minimum atomic E-state index is -4.65. The summed E-state index contributed by atoms with van der Waals surface area (Å²) < 4.78 is 39.7. The molecular formula is C19H24ClF3N4O2. The molecule has 0 saturated heterocycles. The average molecular weight is 433 g/mol. The number of fused-ring (bicyclic) bond motifs is 1. The summed E-state index contributed by atoms with van der Waals surface area (Å²) in [6, 6.07) is 1.55. The van der Waals surface area contributed by atoms with Crippen molar-refractivity contribution in [1.82, 2.24) is 14.5 Å². The second-order valence-corrected chi connectivity index (χ2v) is 5.45. The maximum atomic E-state index is 12.9. The molecule has 2 aromatic rings. The maximum Gasteiger partial charge on any atom is 0.433 e. The predicted octanol–water partition coefficient (Wildman–Crippen LogP) is 4.65. The smallest absolute Gasteiger partial charge is 0.394 e. The quantitative estimate of drug-likeness (QED) is 0.672. The lowest BCUT2D eigenvalue weighted by Crippen LogP contribution is -2.26. The minimum Gasteiger partial charge on any atom is -0.394 e. The highest BCUT2D eigenvalue weighted by Crippen LogP contribution is 2.30. The van der Waals surface area contributed by atoms with Crippen LogP contribution in [0.15, 0.2) is 47.8 Å². The van der Waals surface area contributed by atoms with E-state index in [0.29, 0.717) is 0 Å². The van der Waals surface area contributed by atoms with Crippen molar-refractivity contribution in [2.75, 3.05) is 11.9 Å². The van der Waals surface area contributed by atoms with E-state index < -0.39 is 23.6 Å². The normalized spacial score (nSPS) is 11.7. The molecule has 0 aliphatic rings. The summed E-state index contributed by atoms with van der Waals surface area (Å²) in [4.78, 5) is 19.5. The molecule has 2 aromatic heterocycles. The third-order valence-electron chi connectivity index (χ3n) is 3.09. The van der Waals surface area contributed by atoms with Crippen LogP contribution < -0.4 is 11.0 Å². The molecule has 2 rings (SSSR count). The van der Waals surface area contributed by atoms with Crippen molar-refractivity contribution in [3.63, 3.8) is 0 Å². The van der Waals surface area contributed by atoms with E-state index in [1.165, 1.54) is 30.0 Å². The second-order valence-electron chi connectivity index (χ2n) is 5.14. The van der Waals surface area contributed by atoms with Gasteiger partial charge < -0.3 is 10.4 Å². The molecule has 29 heavy (non-hydrogen) atoms. The van der Waals surface area contributed by atoms with Gasteiger partial charge in [0.05, 0.1) is 12.0 Å². The summed E-state index contributed by atoms with van der Waals surface area (Å²) in [6.07, 6.45) is -0.663. The van der Waals surface area contributed by atoms with Gasteiger partial charge in [0.25, 0.3) is 0 Å². The first-order valence-corrected chi connectivity index (χ1v) is 9.01. The molecule has 0 radical (unpaired) electrons. The molecule has 10 heteroatoms. The van der Waals surface area contributed by atoms with Crippen LogP contribution >= 0.6 is 11.6 Å². The van der Waals surface area contributed by atoms with E-state index >= 15 is 0 Å². The second kappa shape index (κ2) is 12.7. The van der Waals surface area contributed by atoms with Crippen molar-refractivity contribution in [3.05, 3.63) is 59.2 Å². The van der Waals surface area contributed by atoms with Crippen molar-refractivity contribution in [2.45, 2.75) is 33.0 Å². The zero-order chi connectivity index (χ0) is 22.6. The maximum absolute atomic E-state index is 12.9. The summed E-state index contributed by atoms with van der Waals surface area (Å²) in [5.41, 5.74) is -0.905. The van der Waals surface area contributed by atoms with Crippen LogP contribution in [0.5, 0.6) is 0 Å². The predicted molar refractivity (Wildman–Crippen MR) is 112 cm³/mol. The van der Waals surface area contributed by atoms with Gasteiger partial charge in [-0.2, -0.15) is 18.2 Å². The number of aliphatic hydroxyl groups is 1. The largest absolute Gasteiger partial charge is 0.433 e. The first-order chi connectivity index (χ1) is 13.7. The van der Waals surface area contributed by atoms with E-state index in [2.05, 4.69) is 28.4 Å². The lowest BCUT2D eigenvalue weighted by Gasteiger charge is -2.15. The molecule has 2 heterocycles. The Morgan fingerprint density at radius 1 is 1.31 bits per heavy atom. The van der Waals surface area contributed by atoms with Crippen molar-refractivity contribution in [2.24, 2.45) is 0 Å². The molecule has 0 fully saturated rings. The van der Waals surface area contributed by atoms with Crippen LogP contribution in [-0.2, 0) is 6.18 Å². The fourth-order valence-corrected chi connectivity index (χ4v) is 1.95. The SMILES string of the molecule is C=C/C=C/n1c(=O)nc(NC(C)CO)c2ccc(C(F)(F)F)nc21.C=CCl.CC. The van der Waals surface area contributed by atoms with Crippen LogP contribution in [0.2, 0.25) is 0 Å². The van der Waals surface area contributed by atoms with Gasteiger partial charge >= 0.3 is 11.9 Å². The molecule has 0 spiro atoms. The molecular weight excluding hydrogens is 409 g/mol. The number of aliphatic hydroxyl groups excluding tert-OH is 1. The molecule has 0 amide bonds. The first kappa shape index (κ1) is 26.4. The van der Waals surface area contributed by atoms with Crippen LogP contribution in [-0.4, -0.2) is 32.3 Å². The Bertz CT molecular complexity index is 895. The Hall–Kier alpha value is -2.65. The third kappa shape index (κ3) is 7.71. The van der Waals surface area contributed by atoms with Gasteiger partial charge in [-0.25, -0.2) is 9.78 Å². The Morgan fingerprint density at radius 3 is 2.38 bits per heavy atom. The molecule has 0 aliphatic heterocycles. The van der Waals surface area contributed by atoms with Crippen LogP contribution in [0.1, 0.15) is 26.5 Å². The lowest BCUT2D eigenvalue weighted by molar-refractivity contribution is -0.141. The van der Waals surface area contributed by atoms with Gasteiger partial charge in [-0.1, -0.05) is 44.7 Å². The number of allylic oxidation sites excluding steroid dienone is 2. The Kier molecular flexibility index (Phi) is 11.6. The molecule has 0 bridgehead atoms. The van der Waals surface area contributed by atoms with Gasteiger partial charge in [0.2, 0.25) is 0 Å². The van der Waals surface area contributed by atoms with E-state index in [1.54, 1.807) is 6.92 Å². The summed E-state index contributed by atoms with van der Waals surface area (Å²) in [7, 11) is 0. The van der Waals surface area contributed by atoms with E-state index in [-0.39, 0.29) is 23.5 Å². The van der Waals surface area contributed by atoms with Crippen LogP contribution in [0.3, 0.4) is 0 Å². The van der Waals surface area contributed by atoms with Crippen molar-refractivity contribution < 1.29 is 18.3 Å². The molecule has 0 aliphatic carbocycles. The highest BCUT2D eigenvalue weighted by atomic mass is 35.5. The highest BCUT2D eigenvalue weighted by molar-refractivity contribution is 6.25. The van der Waals surface area contributed by atoms with E-state index in [1.807, 2.05) is 13.8 Å². The Balaban J connectivity index is 0.00000143. The fourth-order valence-electron chi connectivity index (χ4n) is 1.95. The summed E-state index contributed by atoms with van der Waals surface area (Å²) in [6.45, 7) is 12.0. The zero-order valence-corrected chi connectivity index (χ0v) is 17.1. The number of aromatic nitrogens is 3. The van der Waals surface area contributed by atoms with Gasteiger partial charge in [-0.05, 0) is 30.7 Å². The number of nitrogens with one attached hydrogen (secondary N) is 1. The number of pyridine rings is 1. The molecule has 1 unspecified atom stereocenters. The molecule has 0 aromatic carbocycles. The number of rotatable bonds is 5. The number of nitrogens with zero attached hydrogens (tertiary/aromatic N) is 3. The zero-order valence-electron chi connectivity index (χ0n) is 16.4. The van der Waals surface area contributed by atoms with Gasteiger partial charge in [-0.15, -0.1) is 0 Å². The van der Waals surface area contributed by atoms with Gasteiger partial charge in [0, 0.05) is 12.2 Å². The monoisotopic (exact) mass is 432 g/mol. The van der Waals surface area contributed by atoms with Crippen molar-refractivity contribution >= 4 is 34.7 Å². The standard InChI is InChI=1S/C15H15F3N4O2.C2H3Cl.C2H6/c1-3-4-7-22-13-10(5-6-11(20-13)15(16,17)18)12(21-14(22)24)19-9(2)8-23;1-2-3;1-2/h3-7,9,23H,1,8H2,2H3,(H,19,21,24);2H,1H2;1-2H3/b7-4+;;. The van der Waals surface area contributed by atoms with Gasteiger partial charge in [0.1, 0.15) is 11.5 Å².